The molecule has 0 saturated carbocycles. The van der Waals surface area contributed by atoms with E-state index in [1.54, 1.807) is 12.1 Å². The van der Waals surface area contributed by atoms with Crippen molar-refractivity contribution >= 4 is 12.6 Å². The Hall–Kier alpha value is -1.44. The molecule has 0 N–H and O–H groups in total. The van der Waals surface area contributed by atoms with Crippen molar-refractivity contribution in [3.63, 3.8) is 0 Å². The zero-order valence-corrected chi connectivity index (χ0v) is 7.13. The first-order valence-corrected chi connectivity index (χ1v) is 3.71. The summed E-state index contributed by atoms with van der Waals surface area (Å²) in [6, 6.07) is 3.33. The van der Waals surface area contributed by atoms with Gasteiger partial charge in [-0.05, 0) is 25.0 Å². The van der Waals surface area contributed by atoms with Crippen LogP contribution >= 0.6 is 0 Å². The Morgan fingerprint density at radius 3 is 1.50 bits per heavy atom. The van der Waals surface area contributed by atoms with Gasteiger partial charge in [0.1, 0.15) is 12.6 Å². The van der Waals surface area contributed by atoms with E-state index in [0.717, 1.165) is 23.7 Å². The lowest BCUT2D eigenvalue weighted by Gasteiger charge is -2.04. The van der Waals surface area contributed by atoms with Crippen LogP contribution in [-0.2, 0) is 0 Å². The van der Waals surface area contributed by atoms with E-state index in [1.165, 1.54) is 0 Å². The van der Waals surface area contributed by atoms with Crippen molar-refractivity contribution in [2.75, 3.05) is 0 Å². The van der Waals surface area contributed by atoms with Crippen LogP contribution < -0.4 is 0 Å². The lowest BCUT2D eigenvalue weighted by molar-refractivity contribution is 0.111. The molecule has 2 heteroatoms. The van der Waals surface area contributed by atoms with Crippen LogP contribution in [0.3, 0.4) is 0 Å². The van der Waals surface area contributed by atoms with Gasteiger partial charge in [0, 0.05) is 11.1 Å². The number of aldehydes is 2. The molecule has 0 aliphatic carbocycles. The van der Waals surface area contributed by atoms with Gasteiger partial charge < -0.3 is 0 Å². The van der Waals surface area contributed by atoms with Crippen LogP contribution in [0.5, 0.6) is 0 Å². The number of benzene rings is 1. The smallest absolute Gasteiger partial charge is 0.150 e. The Balaban J connectivity index is 3.38. The molecule has 0 bridgehead atoms. The van der Waals surface area contributed by atoms with Crippen LogP contribution in [0, 0.1) is 13.8 Å². The molecule has 0 atom stereocenters. The molecule has 62 valence electrons. The highest BCUT2D eigenvalue weighted by Crippen LogP contribution is 2.14. The van der Waals surface area contributed by atoms with Gasteiger partial charge in [0.05, 0.1) is 0 Å². The van der Waals surface area contributed by atoms with E-state index < -0.39 is 0 Å². The molecule has 0 aliphatic rings. The average molecular weight is 162 g/mol. The fraction of sp³-hybridized carbons (Fsp3) is 0.200. The standard InChI is InChI=1S/C10H10O2/c1-7-8(2)10(6-12)4-3-9(7)5-11/h3-6H,1-2H3. The Kier molecular flexibility index (Phi) is 2.38. The quantitative estimate of drug-likeness (QED) is 0.622. The number of carbonyl (C=O) groups is 2. The minimum atomic E-state index is 0.651. The van der Waals surface area contributed by atoms with E-state index in [1.807, 2.05) is 13.8 Å². The summed E-state index contributed by atoms with van der Waals surface area (Å²) in [5.74, 6) is 0. The normalized spacial score (nSPS) is 9.50. The number of carbonyl (C=O) groups excluding carboxylic acids is 2. The zero-order valence-electron chi connectivity index (χ0n) is 7.13. The molecule has 0 radical (unpaired) electrons. The van der Waals surface area contributed by atoms with Gasteiger partial charge in [-0.15, -0.1) is 0 Å². The van der Waals surface area contributed by atoms with Gasteiger partial charge in [-0.2, -0.15) is 0 Å². The van der Waals surface area contributed by atoms with Crippen molar-refractivity contribution in [2.45, 2.75) is 13.8 Å². The molecule has 2 nitrogen and oxygen atoms in total. The summed E-state index contributed by atoms with van der Waals surface area (Å²) < 4.78 is 0. The van der Waals surface area contributed by atoms with Crippen LogP contribution in [0.1, 0.15) is 31.8 Å². The molecule has 0 unspecified atom stereocenters. The molecule has 0 aliphatic heterocycles. The maximum absolute atomic E-state index is 10.5. The van der Waals surface area contributed by atoms with Crippen LogP contribution in [0.25, 0.3) is 0 Å². The van der Waals surface area contributed by atoms with E-state index in [2.05, 4.69) is 0 Å². The molecule has 0 fully saturated rings. The molecule has 0 heterocycles. The van der Waals surface area contributed by atoms with Gasteiger partial charge in [0.15, 0.2) is 0 Å². The molecular weight excluding hydrogens is 152 g/mol. The molecule has 0 aromatic heterocycles. The summed E-state index contributed by atoms with van der Waals surface area (Å²) in [5, 5.41) is 0. The predicted molar refractivity (Wildman–Crippen MR) is 46.7 cm³/mol. The third-order valence-electron chi connectivity index (χ3n) is 2.12. The SMILES string of the molecule is Cc1c(C=O)ccc(C=O)c1C. The average Bonchev–Trinajstić information content (AvgIpc) is 2.10. The molecule has 0 spiro atoms. The lowest BCUT2D eigenvalue weighted by Crippen LogP contribution is -1.94. The van der Waals surface area contributed by atoms with E-state index in [9.17, 15) is 9.59 Å². The zero-order chi connectivity index (χ0) is 9.14. The second-order valence-corrected chi connectivity index (χ2v) is 2.73. The summed E-state index contributed by atoms with van der Waals surface area (Å²) in [6.45, 7) is 3.68. The minimum Gasteiger partial charge on any atom is -0.298 e. The van der Waals surface area contributed by atoms with E-state index in [0.29, 0.717) is 11.1 Å². The van der Waals surface area contributed by atoms with Crippen molar-refractivity contribution in [1.29, 1.82) is 0 Å². The third kappa shape index (κ3) is 1.28. The van der Waals surface area contributed by atoms with E-state index in [-0.39, 0.29) is 0 Å². The van der Waals surface area contributed by atoms with Crippen LogP contribution in [-0.4, -0.2) is 12.6 Å². The number of hydrogen-bond acceptors (Lipinski definition) is 2. The summed E-state index contributed by atoms with van der Waals surface area (Å²) in [6.07, 6.45) is 1.60. The van der Waals surface area contributed by atoms with Crippen molar-refractivity contribution in [2.24, 2.45) is 0 Å². The van der Waals surface area contributed by atoms with E-state index in [4.69, 9.17) is 0 Å². The van der Waals surface area contributed by atoms with Crippen LogP contribution in [0.2, 0.25) is 0 Å². The van der Waals surface area contributed by atoms with Crippen molar-refractivity contribution in [3.05, 3.63) is 34.4 Å². The van der Waals surface area contributed by atoms with Gasteiger partial charge in [0.25, 0.3) is 0 Å². The third-order valence-corrected chi connectivity index (χ3v) is 2.12. The Morgan fingerprint density at radius 1 is 0.917 bits per heavy atom. The first-order chi connectivity index (χ1) is 5.70. The second-order valence-electron chi connectivity index (χ2n) is 2.73. The summed E-state index contributed by atoms with van der Waals surface area (Å²) in [4.78, 5) is 21.0. The molecule has 12 heavy (non-hydrogen) atoms. The monoisotopic (exact) mass is 162 g/mol. The largest absolute Gasteiger partial charge is 0.298 e. The minimum absolute atomic E-state index is 0.651. The summed E-state index contributed by atoms with van der Waals surface area (Å²) >= 11 is 0. The van der Waals surface area contributed by atoms with Gasteiger partial charge in [-0.3, -0.25) is 9.59 Å². The van der Waals surface area contributed by atoms with E-state index >= 15 is 0 Å². The molecular formula is C10H10O2. The fourth-order valence-electron chi connectivity index (χ4n) is 1.12. The van der Waals surface area contributed by atoms with Crippen molar-refractivity contribution < 1.29 is 9.59 Å². The second kappa shape index (κ2) is 3.30. The topological polar surface area (TPSA) is 34.1 Å². The molecule has 1 aromatic rings. The highest BCUT2D eigenvalue weighted by molar-refractivity contribution is 5.83. The number of rotatable bonds is 2. The van der Waals surface area contributed by atoms with Crippen LogP contribution in [0.4, 0.5) is 0 Å². The van der Waals surface area contributed by atoms with Crippen molar-refractivity contribution in [3.8, 4) is 0 Å². The molecule has 1 rings (SSSR count). The maximum Gasteiger partial charge on any atom is 0.150 e. The highest BCUT2D eigenvalue weighted by Gasteiger charge is 2.03. The van der Waals surface area contributed by atoms with Gasteiger partial charge >= 0.3 is 0 Å². The Bertz CT molecular complexity index is 294. The highest BCUT2D eigenvalue weighted by atomic mass is 16.1. The first-order valence-electron chi connectivity index (χ1n) is 3.71. The van der Waals surface area contributed by atoms with Crippen LogP contribution in [0.15, 0.2) is 12.1 Å². The Morgan fingerprint density at radius 2 is 1.25 bits per heavy atom. The first kappa shape index (κ1) is 8.65. The van der Waals surface area contributed by atoms with Gasteiger partial charge in [-0.25, -0.2) is 0 Å². The lowest BCUT2D eigenvalue weighted by atomic mass is 9.99. The summed E-state index contributed by atoms with van der Waals surface area (Å²) in [5.41, 5.74) is 3.07. The molecule has 0 saturated heterocycles. The van der Waals surface area contributed by atoms with Gasteiger partial charge in [-0.1, -0.05) is 12.1 Å². The fourth-order valence-corrected chi connectivity index (χ4v) is 1.12. The van der Waals surface area contributed by atoms with Crippen molar-refractivity contribution in [1.82, 2.24) is 0 Å². The number of hydrogen-bond donors (Lipinski definition) is 0. The van der Waals surface area contributed by atoms with Gasteiger partial charge in [0.2, 0.25) is 0 Å². The summed E-state index contributed by atoms with van der Waals surface area (Å²) in [7, 11) is 0. The molecule has 1 aromatic carbocycles. The maximum atomic E-state index is 10.5. The molecule has 0 amide bonds. The predicted octanol–water partition coefficient (Wildman–Crippen LogP) is 1.93. The Labute approximate surface area is 71.2 Å².